The molecule has 3 aromatic rings. The molecule has 0 saturated heterocycles. The minimum atomic E-state index is -0.506. The van der Waals surface area contributed by atoms with Gasteiger partial charge < -0.3 is 15.5 Å². The van der Waals surface area contributed by atoms with Gasteiger partial charge in [-0.3, -0.25) is 4.79 Å². The Kier molecular flexibility index (Phi) is 5.72. The average Bonchev–Trinajstić information content (AvgIpc) is 3.45. The van der Waals surface area contributed by atoms with E-state index >= 15 is 0 Å². The molecule has 2 N–H and O–H groups in total. The van der Waals surface area contributed by atoms with Gasteiger partial charge in [0.25, 0.3) is 5.91 Å². The fraction of sp³-hybridized carbons (Fsp3) is 0.400. The second kappa shape index (κ2) is 8.56. The van der Waals surface area contributed by atoms with Crippen LogP contribution in [0.4, 0.5) is 16.2 Å². The molecule has 0 radical (unpaired) electrons. The number of fused-ring (bicyclic) bond motifs is 1. The maximum atomic E-state index is 14.1. The zero-order valence-electron chi connectivity index (χ0n) is 18.7. The quantitative estimate of drug-likeness (QED) is 0.496. The molecule has 1 atom stereocenters. The SMILES string of the molecule is CN(C)c1nc(NC2CC23CCC(NC(=O)c2ccc(Br)cc2F)CC3)nc2ccccc12. The average molecular weight is 512 g/mol. The molecule has 0 aliphatic heterocycles. The van der Waals surface area contributed by atoms with Crippen LogP contribution in [-0.4, -0.2) is 42.1 Å². The minimum absolute atomic E-state index is 0.0738. The van der Waals surface area contributed by atoms with Crippen molar-refractivity contribution in [3.05, 3.63) is 58.3 Å². The van der Waals surface area contributed by atoms with Gasteiger partial charge in [-0.25, -0.2) is 9.37 Å². The molecule has 1 aromatic heterocycles. The molecule has 5 rings (SSSR count). The lowest BCUT2D eigenvalue weighted by Crippen LogP contribution is -2.39. The molecule has 2 fully saturated rings. The van der Waals surface area contributed by atoms with Crippen LogP contribution in [0.5, 0.6) is 0 Å². The van der Waals surface area contributed by atoms with Gasteiger partial charge in [-0.2, -0.15) is 4.98 Å². The van der Waals surface area contributed by atoms with Crippen LogP contribution in [0.15, 0.2) is 46.9 Å². The van der Waals surface area contributed by atoms with Crippen molar-refractivity contribution in [1.29, 1.82) is 0 Å². The molecule has 1 amide bonds. The van der Waals surface area contributed by atoms with Gasteiger partial charge >= 0.3 is 0 Å². The number of hydrogen-bond acceptors (Lipinski definition) is 5. The lowest BCUT2D eigenvalue weighted by Gasteiger charge is -2.30. The number of nitrogens with zero attached hydrogens (tertiary/aromatic N) is 3. The normalized spacial score (nSPS) is 24.0. The van der Waals surface area contributed by atoms with E-state index in [1.165, 1.54) is 12.1 Å². The van der Waals surface area contributed by atoms with Gasteiger partial charge in [0.15, 0.2) is 0 Å². The summed E-state index contributed by atoms with van der Waals surface area (Å²) >= 11 is 3.23. The highest BCUT2D eigenvalue weighted by atomic mass is 79.9. The lowest BCUT2D eigenvalue weighted by atomic mass is 9.82. The Balaban J connectivity index is 1.21. The zero-order chi connectivity index (χ0) is 23.2. The number of aromatic nitrogens is 2. The molecule has 6 nitrogen and oxygen atoms in total. The van der Waals surface area contributed by atoms with Crippen molar-refractivity contribution in [3.63, 3.8) is 0 Å². The monoisotopic (exact) mass is 511 g/mol. The summed E-state index contributed by atoms with van der Waals surface area (Å²) in [6.07, 6.45) is 4.91. The third kappa shape index (κ3) is 4.40. The molecule has 2 aliphatic rings. The summed E-state index contributed by atoms with van der Waals surface area (Å²) in [5.74, 6) is 0.727. The van der Waals surface area contributed by atoms with Crippen molar-refractivity contribution >= 4 is 44.5 Å². The van der Waals surface area contributed by atoms with Crippen LogP contribution < -0.4 is 15.5 Å². The summed E-state index contributed by atoms with van der Waals surface area (Å²) in [5.41, 5.74) is 1.26. The van der Waals surface area contributed by atoms with Crippen molar-refractivity contribution in [1.82, 2.24) is 15.3 Å². The van der Waals surface area contributed by atoms with Gasteiger partial charge in [0, 0.05) is 36.0 Å². The van der Waals surface area contributed by atoms with Crippen molar-refractivity contribution in [2.24, 2.45) is 5.41 Å². The summed E-state index contributed by atoms with van der Waals surface area (Å²) in [6.45, 7) is 0. The maximum Gasteiger partial charge on any atom is 0.254 e. The maximum absolute atomic E-state index is 14.1. The van der Waals surface area contributed by atoms with E-state index in [0.29, 0.717) is 16.5 Å². The molecule has 2 aliphatic carbocycles. The van der Waals surface area contributed by atoms with E-state index in [-0.39, 0.29) is 22.9 Å². The number of para-hydroxylation sites is 1. The standard InChI is InChI=1S/C25H27BrFN5O/c1-32(2)22-18-5-3-4-6-20(18)29-24(31-22)30-21-14-25(21)11-9-16(10-12-25)28-23(33)17-8-7-15(26)13-19(17)27/h3-8,13,16,21H,9-12,14H2,1-2H3,(H,28,33)(H,29,30,31). The molecule has 8 heteroatoms. The first-order valence-corrected chi connectivity index (χ1v) is 12.1. The van der Waals surface area contributed by atoms with Crippen LogP contribution in [0, 0.1) is 11.2 Å². The number of benzene rings is 2. The van der Waals surface area contributed by atoms with Crippen LogP contribution >= 0.6 is 15.9 Å². The minimum Gasteiger partial charge on any atom is -0.362 e. The van der Waals surface area contributed by atoms with Crippen molar-refractivity contribution in [2.75, 3.05) is 24.3 Å². The second-order valence-corrected chi connectivity index (χ2v) is 10.3. The second-order valence-electron chi connectivity index (χ2n) is 9.42. The van der Waals surface area contributed by atoms with E-state index < -0.39 is 5.82 Å². The lowest BCUT2D eigenvalue weighted by molar-refractivity contribution is 0.0915. The van der Waals surface area contributed by atoms with Crippen LogP contribution in [0.25, 0.3) is 10.9 Å². The van der Waals surface area contributed by atoms with Crippen LogP contribution in [0.2, 0.25) is 0 Å². The first-order chi connectivity index (χ1) is 15.8. The highest BCUT2D eigenvalue weighted by Crippen LogP contribution is 2.57. The topological polar surface area (TPSA) is 70.2 Å². The molecule has 1 heterocycles. The van der Waals surface area contributed by atoms with Gasteiger partial charge in [-0.05, 0) is 67.9 Å². The smallest absolute Gasteiger partial charge is 0.254 e. The Morgan fingerprint density at radius 1 is 1.15 bits per heavy atom. The molecule has 0 bridgehead atoms. The van der Waals surface area contributed by atoms with E-state index in [1.807, 2.05) is 43.3 Å². The molecule has 2 saturated carbocycles. The van der Waals surface area contributed by atoms with Gasteiger partial charge in [-0.1, -0.05) is 28.1 Å². The first kappa shape index (κ1) is 22.1. The fourth-order valence-corrected chi connectivity index (χ4v) is 5.33. The molecule has 1 unspecified atom stereocenters. The Hall–Kier alpha value is -2.74. The molecule has 33 heavy (non-hydrogen) atoms. The van der Waals surface area contributed by atoms with Gasteiger partial charge in [0.05, 0.1) is 11.1 Å². The zero-order valence-corrected chi connectivity index (χ0v) is 20.3. The Bertz CT molecular complexity index is 1210. The molecule has 1 spiro atoms. The van der Waals surface area contributed by atoms with Crippen molar-refractivity contribution in [3.8, 4) is 0 Å². The number of anilines is 2. The Morgan fingerprint density at radius 2 is 1.91 bits per heavy atom. The van der Waals surface area contributed by atoms with E-state index in [9.17, 15) is 9.18 Å². The van der Waals surface area contributed by atoms with E-state index in [4.69, 9.17) is 9.97 Å². The number of hydrogen-bond donors (Lipinski definition) is 2. The van der Waals surface area contributed by atoms with Crippen LogP contribution in [0.1, 0.15) is 42.5 Å². The highest BCUT2D eigenvalue weighted by molar-refractivity contribution is 9.10. The molecule has 172 valence electrons. The molecular formula is C25H27BrFN5O. The fourth-order valence-electron chi connectivity index (χ4n) is 5.00. The highest BCUT2D eigenvalue weighted by Gasteiger charge is 2.55. The Labute approximate surface area is 201 Å². The predicted octanol–water partition coefficient (Wildman–Crippen LogP) is 5.14. The number of carbonyl (C=O) groups excluding carboxylic acids is 1. The van der Waals surface area contributed by atoms with E-state index in [0.717, 1.165) is 48.8 Å². The Morgan fingerprint density at radius 3 is 2.64 bits per heavy atom. The predicted molar refractivity (Wildman–Crippen MR) is 132 cm³/mol. The number of carbonyl (C=O) groups is 1. The van der Waals surface area contributed by atoms with Crippen molar-refractivity contribution < 1.29 is 9.18 Å². The summed E-state index contributed by atoms with van der Waals surface area (Å²) in [4.78, 5) is 24.0. The summed E-state index contributed by atoms with van der Waals surface area (Å²) < 4.78 is 14.7. The number of rotatable bonds is 5. The van der Waals surface area contributed by atoms with E-state index in [1.54, 1.807) is 6.07 Å². The largest absolute Gasteiger partial charge is 0.362 e. The summed E-state index contributed by atoms with van der Waals surface area (Å²) in [6, 6.07) is 13.0. The van der Waals surface area contributed by atoms with Gasteiger partial charge in [0.1, 0.15) is 11.6 Å². The summed E-state index contributed by atoms with van der Waals surface area (Å²) in [7, 11) is 3.99. The van der Waals surface area contributed by atoms with Gasteiger partial charge in [-0.15, -0.1) is 0 Å². The number of nitrogens with one attached hydrogen (secondary N) is 2. The van der Waals surface area contributed by atoms with Crippen LogP contribution in [0.3, 0.4) is 0 Å². The van der Waals surface area contributed by atoms with Crippen LogP contribution in [-0.2, 0) is 0 Å². The van der Waals surface area contributed by atoms with Gasteiger partial charge in [0.2, 0.25) is 5.95 Å². The number of halogens is 2. The molecule has 2 aromatic carbocycles. The third-order valence-electron chi connectivity index (χ3n) is 6.99. The first-order valence-electron chi connectivity index (χ1n) is 11.3. The summed E-state index contributed by atoms with van der Waals surface area (Å²) in [5, 5.41) is 7.63. The van der Waals surface area contributed by atoms with E-state index in [2.05, 4.69) is 26.6 Å². The number of amides is 1. The third-order valence-corrected chi connectivity index (χ3v) is 7.49. The molecular weight excluding hydrogens is 485 g/mol. The van der Waals surface area contributed by atoms with Crippen molar-refractivity contribution in [2.45, 2.75) is 44.2 Å².